The molecule has 1 saturated heterocycles. The summed E-state index contributed by atoms with van der Waals surface area (Å²) >= 11 is 0. The van der Waals surface area contributed by atoms with Gasteiger partial charge in [-0.15, -0.1) is 0 Å². The molecule has 0 aromatic heterocycles. The van der Waals surface area contributed by atoms with E-state index in [1.54, 1.807) is 7.11 Å². The van der Waals surface area contributed by atoms with Crippen molar-refractivity contribution in [1.82, 2.24) is 10.6 Å². The van der Waals surface area contributed by atoms with E-state index < -0.39 is 0 Å². The second-order valence-corrected chi connectivity index (χ2v) is 5.24. The lowest BCUT2D eigenvalue weighted by atomic mass is 9.88. The zero-order chi connectivity index (χ0) is 12.8. The molecular formula is C13H24N2O3. The van der Waals surface area contributed by atoms with Crippen molar-refractivity contribution in [2.24, 2.45) is 5.92 Å². The predicted molar refractivity (Wildman–Crippen MR) is 67.9 cm³/mol. The molecule has 0 radical (unpaired) electrons. The molecule has 104 valence electrons. The average Bonchev–Trinajstić information content (AvgIpc) is 2.85. The molecule has 2 N–H and O–H groups in total. The Morgan fingerprint density at radius 1 is 1.33 bits per heavy atom. The van der Waals surface area contributed by atoms with Crippen LogP contribution in [0.5, 0.6) is 0 Å². The Labute approximate surface area is 109 Å². The van der Waals surface area contributed by atoms with E-state index in [0.717, 1.165) is 25.8 Å². The zero-order valence-corrected chi connectivity index (χ0v) is 11.1. The van der Waals surface area contributed by atoms with Gasteiger partial charge in [0, 0.05) is 26.0 Å². The van der Waals surface area contributed by atoms with Crippen molar-refractivity contribution in [1.29, 1.82) is 0 Å². The van der Waals surface area contributed by atoms with Gasteiger partial charge in [0.15, 0.2) is 0 Å². The molecule has 0 aromatic carbocycles. The molecule has 2 aliphatic rings. The molecule has 1 amide bonds. The number of ether oxygens (including phenoxy) is 2. The molecule has 0 aromatic rings. The van der Waals surface area contributed by atoms with Gasteiger partial charge in [0.05, 0.1) is 12.3 Å². The number of rotatable bonds is 5. The van der Waals surface area contributed by atoms with Gasteiger partial charge < -0.3 is 14.8 Å². The van der Waals surface area contributed by atoms with Crippen LogP contribution in [0.1, 0.15) is 38.5 Å². The Bertz CT molecular complexity index is 267. The minimum atomic E-state index is 0.0567. The molecule has 5 heteroatoms. The highest BCUT2D eigenvalue weighted by Gasteiger charge is 2.28. The molecule has 2 rings (SSSR count). The molecule has 0 bridgehead atoms. The van der Waals surface area contributed by atoms with E-state index >= 15 is 0 Å². The van der Waals surface area contributed by atoms with E-state index in [9.17, 15) is 4.79 Å². The van der Waals surface area contributed by atoms with Crippen molar-refractivity contribution >= 4 is 5.91 Å². The first kappa shape index (κ1) is 13.8. The van der Waals surface area contributed by atoms with Crippen LogP contribution in [0.2, 0.25) is 0 Å². The first-order valence-corrected chi connectivity index (χ1v) is 6.94. The number of carbonyl (C=O) groups excluding carboxylic acids is 1. The SMILES string of the molecule is COCO[C@H]1CN[C@H](NC(=O)C2CCCCC2)C1. The summed E-state index contributed by atoms with van der Waals surface area (Å²) in [5.74, 6) is 0.430. The van der Waals surface area contributed by atoms with Gasteiger partial charge in [0.25, 0.3) is 0 Å². The van der Waals surface area contributed by atoms with E-state index in [4.69, 9.17) is 9.47 Å². The Balaban J connectivity index is 1.68. The Kier molecular flexibility index (Phi) is 5.41. The van der Waals surface area contributed by atoms with Crippen molar-refractivity contribution in [3.05, 3.63) is 0 Å². The fourth-order valence-electron chi connectivity index (χ4n) is 2.76. The second-order valence-electron chi connectivity index (χ2n) is 5.24. The molecule has 2 atom stereocenters. The minimum absolute atomic E-state index is 0.0567. The number of carbonyl (C=O) groups is 1. The van der Waals surface area contributed by atoms with Crippen molar-refractivity contribution in [2.45, 2.75) is 50.8 Å². The Hall–Kier alpha value is -0.650. The summed E-state index contributed by atoms with van der Waals surface area (Å²) in [5.41, 5.74) is 0. The van der Waals surface area contributed by atoms with E-state index in [-0.39, 0.29) is 24.1 Å². The summed E-state index contributed by atoms with van der Waals surface area (Å²) in [5, 5.41) is 6.36. The highest BCUT2D eigenvalue weighted by atomic mass is 16.7. The highest BCUT2D eigenvalue weighted by molar-refractivity contribution is 5.79. The lowest BCUT2D eigenvalue weighted by molar-refractivity contribution is -0.126. The zero-order valence-electron chi connectivity index (χ0n) is 11.1. The number of nitrogens with one attached hydrogen (secondary N) is 2. The van der Waals surface area contributed by atoms with E-state index in [1.165, 1.54) is 19.3 Å². The predicted octanol–water partition coefficient (Wildman–Crippen LogP) is 0.991. The molecule has 1 aliphatic heterocycles. The summed E-state index contributed by atoms with van der Waals surface area (Å²) in [4.78, 5) is 12.1. The summed E-state index contributed by atoms with van der Waals surface area (Å²) in [6.07, 6.45) is 6.76. The van der Waals surface area contributed by atoms with Crippen LogP contribution in [0, 0.1) is 5.92 Å². The maximum Gasteiger partial charge on any atom is 0.224 e. The van der Waals surface area contributed by atoms with Gasteiger partial charge in [0.1, 0.15) is 6.79 Å². The largest absolute Gasteiger partial charge is 0.359 e. The summed E-state index contributed by atoms with van der Waals surface area (Å²) in [7, 11) is 1.62. The van der Waals surface area contributed by atoms with Crippen molar-refractivity contribution < 1.29 is 14.3 Å². The molecule has 18 heavy (non-hydrogen) atoms. The standard InChI is InChI=1S/C13H24N2O3/c1-17-9-18-11-7-12(14-8-11)15-13(16)10-5-3-2-4-6-10/h10-12,14H,2-9H2,1H3,(H,15,16)/t11-,12-/m1/s1. The third-order valence-corrected chi connectivity index (χ3v) is 3.80. The first-order chi connectivity index (χ1) is 8.79. The van der Waals surface area contributed by atoms with Crippen LogP contribution >= 0.6 is 0 Å². The normalized spacial score (nSPS) is 29.4. The topological polar surface area (TPSA) is 59.6 Å². The molecule has 0 unspecified atom stereocenters. The Morgan fingerprint density at radius 3 is 2.83 bits per heavy atom. The van der Waals surface area contributed by atoms with Gasteiger partial charge in [-0.1, -0.05) is 19.3 Å². The lowest BCUT2D eigenvalue weighted by Crippen LogP contribution is -2.44. The van der Waals surface area contributed by atoms with Crippen LogP contribution in [-0.4, -0.2) is 38.6 Å². The summed E-state index contributed by atoms with van der Waals surface area (Å²) < 4.78 is 10.4. The van der Waals surface area contributed by atoms with E-state index in [1.807, 2.05) is 0 Å². The van der Waals surface area contributed by atoms with Gasteiger partial charge in [0.2, 0.25) is 5.91 Å². The van der Waals surface area contributed by atoms with Crippen LogP contribution < -0.4 is 10.6 Å². The van der Waals surface area contributed by atoms with E-state index in [2.05, 4.69) is 10.6 Å². The van der Waals surface area contributed by atoms with Gasteiger partial charge in [-0.3, -0.25) is 10.1 Å². The Morgan fingerprint density at radius 2 is 2.11 bits per heavy atom. The van der Waals surface area contributed by atoms with E-state index in [0.29, 0.717) is 6.79 Å². The summed E-state index contributed by atoms with van der Waals surface area (Å²) in [6.45, 7) is 1.09. The van der Waals surface area contributed by atoms with Crippen molar-refractivity contribution in [3.63, 3.8) is 0 Å². The molecule has 2 fully saturated rings. The monoisotopic (exact) mass is 256 g/mol. The molecule has 1 aliphatic carbocycles. The highest BCUT2D eigenvalue weighted by Crippen LogP contribution is 2.24. The molecule has 0 spiro atoms. The molecule has 5 nitrogen and oxygen atoms in total. The van der Waals surface area contributed by atoms with Crippen LogP contribution in [0.4, 0.5) is 0 Å². The maximum absolute atomic E-state index is 12.1. The van der Waals surface area contributed by atoms with Crippen LogP contribution in [0.3, 0.4) is 0 Å². The maximum atomic E-state index is 12.1. The third kappa shape index (κ3) is 3.93. The second kappa shape index (κ2) is 7.07. The third-order valence-electron chi connectivity index (χ3n) is 3.80. The van der Waals surface area contributed by atoms with Gasteiger partial charge in [-0.2, -0.15) is 0 Å². The number of hydrogen-bond acceptors (Lipinski definition) is 4. The number of hydrogen-bond donors (Lipinski definition) is 2. The smallest absolute Gasteiger partial charge is 0.224 e. The minimum Gasteiger partial charge on any atom is -0.359 e. The van der Waals surface area contributed by atoms with Crippen molar-refractivity contribution in [3.8, 4) is 0 Å². The van der Waals surface area contributed by atoms with Crippen LogP contribution in [0.25, 0.3) is 0 Å². The fourth-order valence-corrected chi connectivity index (χ4v) is 2.76. The number of amides is 1. The number of methoxy groups -OCH3 is 1. The lowest BCUT2D eigenvalue weighted by Gasteiger charge is -2.23. The van der Waals surface area contributed by atoms with Gasteiger partial charge >= 0.3 is 0 Å². The van der Waals surface area contributed by atoms with Crippen molar-refractivity contribution in [2.75, 3.05) is 20.4 Å². The van der Waals surface area contributed by atoms with Crippen LogP contribution in [0.15, 0.2) is 0 Å². The molecular weight excluding hydrogens is 232 g/mol. The van der Waals surface area contributed by atoms with Crippen LogP contribution in [-0.2, 0) is 14.3 Å². The molecule has 1 saturated carbocycles. The van der Waals surface area contributed by atoms with Gasteiger partial charge in [-0.25, -0.2) is 0 Å². The molecule has 1 heterocycles. The quantitative estimate of drug-likeness (QED) is 0.720. The van der Waals surface area contributed by atoms with Gasteiger partial charge in [-0.05, 0) is 12.8 Å². The summed E-state index contributed by atoms with van der Waals surface area (Å²) in [6, 6.07) is 0. The fraction of sp³-hybridized carbons (Fsp3) is 0.923. The first-order valence-electron chi connectivity index (χ1n) is 6.94. The average molecular weight is 256 g/mol.